The summed E-state index contributed by atoms with van der Waals surface area (Å²) in [6, 6.07) is 14.9. The molecule has 3 aromatic carbocycles. The molecule has 0 saturated heterocycles. The third kappa shape index (κ3) is 6.65. The first-order valence-electron chi connectivity index (χ1n) is 13.6. The van der Waals surface area contributed by atoms with E-state index in [1.165, 1.54) is 42.2 Å². The molecule has 0 spiro atoms. The Kier molecular flexibility index (Phi) is 9.23. The number of thioether (sulfide) groups is 1. The quantitative estimate of drug-likeness (QED) is 0.0796. The van der Waals surface area contributed by atoms with Gasteiger partial charge in [0.25, 0.3) is 0 Å². The fourth-order valence-corrected chi connectivity index (χ4v) is 6.41. The molecule has 0 saturated carbocycles. The van der Waals surface area contributed by atoms with Gasteiger partial charge in [-0.3, -0.25) is 9.98 Å². The van der Waals surface area contributed by atoms with E-state index in [2.05, 4.69) is 16.6 Å². The van der Waals surface area contributed by atoms with Crippen LogP contribution in [0.5, 0.6) is 0 Å². The second-order valence-corrected chi connectivity index (χ2v) is 11.5. The fraction of sp³-hybridized carbons (Fsp3) is 0.258. The molecule has 218 valence electrons. The molecule has 6 nitrogen and oxygen atoms in total. The van der Waals surface area contributed by atoms with Gasteiger partial charge in [-0.25, -0.2) is 23.6 Å². The van der Waals surface area contributed by atoms with Crippen LogP contribution in [-0.4, -0.2) is 21.7 Å². The van der Waals surface area contributed by atoms with Gasteiger partial charge in [0.1, 0.15) is 17.5 Å². The Labute approximate surface area is 251 Å². The van der Waals surface area contributed by atoms with Gasteiger partial charge in [-0.2, -0.15) is 5.10 Å². The number of hydrogen-bond acceptors (Lipinski definition) is 4. The molecule has 1 atom stereocenters. The van der Waals surface area contributed by atoms with Gasteiger partial charge in [0.15, 0.2) is 5.16 Å². The minimum absolute atomic E-state index is 0.0315. The average Bonchev–Trinajstić information content (AvgIpc) is 3.33. The first-order chi connectivity index (χ1) is 20.2. The molecule has 1 unspecified atom stereocenters. The van der Waals surface area contributed by atoms with Crippen molar-refractivity contribution in [1.82, 2.24) is 15.0 Å². The molecule has 11 heteroatoms. The topological polar surface area (TPSA) is 92.1 Å². The van der Waals surface area contributed by atoms with Crippen LogP contribution in [0.15, 0.2) is 64.9 Å². The second-order valence-electron chi connectivity index (χ2n) is 10.2. The molecular formula is C31H30ClF3N6S. The highest BCUT2D eigenvalue weighted by molar-refractivity contribution is 7.98. The summed E-state index contributed by atoms with van der Waals surface area (Å²) < 4.78 is 46.1. The molecular weight excluding hydrogens is 581 g/mol. The minimum Gasteiger partial charge on any atom is -0.369 e. The van der Waals surface area contributed by atoms with Crippen LogP contribution in [0.2, 0.25) is 5.02 Å². The standard InChI is InChI=1S/C31H30ClF3N6S/c1-18-14-20(7-12-25(18)32)23-5-2-6-28-29(23)41(22-10-8-21(33)9-11-22)31(39-28)42-17-24-26(34)15-19(16-27(24)35)4-3-13-38-40-30(36)37/h7-16,23H,2-6,17H2,1H3,(H4,36,37,40)/b38-13+. The smallest absolute Gasteiger partial charge is 0.206 e. The van der Waals surface area contributed by atoms with E-state index >= 15 is 8.78 Å². The van der Waals surface area contributed by atoms with Crippen molar-refractivity contribution in [3.05, 3.63) is 111 Å². The molecule has 42 heavy (non-hydrogen) atoms. The van der Waals surface area contributed by atoms with Crippen LogP contribution in [0, 0.1) is 29.8 Å². The Bertz CT molecular complexity index is 1610. The number of rotatable bonds is 9. The third-order valence-electron chi connectivity index (χ3n) is 7.25. The van der Waals surface area contributed by atoms with Crippen LogP contribution < -0.4 is 11.2 Å². The molecule has 0 radical (unpaired) electrons. The number of fused-ring (bicyclic) bond motifs is 1. The zero-order valence-electron chi connectivity index (χ0n) is 22.9. The number of benzene rings is 3. The zero-order valence-corrected chi connectivity index (χ0v) is 24.5. The van der Waals surface area contributed by atoms with Crippen LogP contribution in [-0.2, 0) is 18.6 Å². The third-order valence-corrected chi connectivity index (χ3v) is 8.64. The van der Waals surface area contributed by atoms with E-state index in [9.17, 15) is 4.39 Å². The van der Waals surface area contributed by atoms with E-state index in [4.69, 9.17) is 27.7 Å². The molecule has 5 rings (SSSR count). The molecule has 1 aliphatic rings. The van der Waals surface area contributed by atoms with E-state index in [0.717, 1.165) is 47.5 Å². The summed E-state index contributed by atoms with van der Waals surface area (Å²) in [5.74, 6) is -1.83. The lowest BCUT2D eigenvalue weighted by atomic mass is 9.83. The monoisotopic (exact) mass is 610 g/mol. The highest BCUT2D eigenvalue weighted by Crippen LogP contribution is 2.42. The summed E-state index contributed by atoms with van der Waals surface area (Å²) in [4.78, 5) is 4.94. The number of nitrogens with two attached hydrogens (primary N) is 1. The molecule has 1 aliphatic carbocycles. The van der Waals surface area contributed by atoms with Crippen molar-refractivity contribution in [2.75, 3.05) is 0 Å². The summed E-state index contributed by atoms with van der Waals surface area (Å²) in [7, 11) is 0. The summed E-state index contributed by atoms with van der Waals surface area (Å²) in [6.07, 6.45) is 4.93. The van der Waals surface area contributed by atoms with E-state index in [0.29, 0.717) is 28.6 Å². The summed E-state index contributed by atoms with van der Waals surface area (Å²) >= 11 is 7.56. The lowest BCUT2D eigenvalue weighted by molar-refractivity contribution is 0.562. The molecule has 1 heterocycles. The van der Waals surface area contributed by atoms with Gasteiger partial charge in [0.2, 0.25) is 5.96 Å². The summed E-state index contributed by atoms with van der Waals surface area (Å²) in [5.41, 5.74) is 12.7. The summed E-state index contributed by atoms with van der Waals surface area (Å²) in [5, 5.41) is 12.1. The van der Waals surface area contributed by atoms with Crippen LogP contribution in [0.4, 0.5) is 13.2 Å². The Morgan fingerprint density at radius 1 is 1.17 bits per heavy atom. The van der Waals surface area contributed by atoms with Crippen molar-refractivity contribution in [3.8, 4) is 5.69 Å². The number of hydrazone groups is 1. The van der Waals surface area contributed by atoms with E-state index in [1.54, 1.807) is 12.1 Å². The predicted octanol–water partition coefficient (Wildman–Crippen LogP) is 7.41. The van der Waals surface area contributed by atoms with Gasteiger partial charge < -0.3 is 5.73 Å². The van der Waals surface area contributed by atoms with Gasteiger partial charge in [0.05, 0.1) is 11.4 Å². The van der Waals surface area contributed by atoms with Crippen LogP contribution >= 0.6 is 23.4 Å². The minimum atomic E-state index is -0.629. The average molecular weight is 611 g/mol. The SMILES string of the molecule is Cc1cc(C2CCCc3nc(SCc4c(F)cc(CC/C=N/NC(=N)N)cc4F)n(-c4ccc(F)cc4)c32)ccc1Cl. The number of aromatic nitrogens is 2. The van der Waals surface area contributed by atoms with Crippen molar-refractivity contribution in [2.24, 2.45) is 10.8 Å². The van der Waals surface area contributed by atoms with E-state index in [-0.39, 0.29) is 29.0 Å². The Hall–Kier alpha value is -3.76. The highest BCUT2D eigenvalue weighted by atomic mass is 35.5. The van der Waals surface area contributed by atoms with Gasteiger partial charge in [0, 0.05) is 34.2 Å². The van der Waals surface area contributed by atoms with Crippen molar-refractivity contribution in [3.63, 3.8) is 0 Å². The Balaban J connectivity index is 1.45. The molecule has 0 aliphatic heterocycles. The molecule has 0 fully saturated rings. The van der Waals surface area contributed by atoms with E-state index in [1.807, 2.05) is 23.6 Å². The summed E-state index contributed by atoms with van der Waals surface area (Å²) in [6.45, 7) is 1.97. The van der Waals surface area contributed by atoms with Crippen molar-refractivity contribution >= 4 is 35.5 Å². The molecule has 1 aromatic heterocycles. The maximum atomic E-state index is 15.1. The van der Waals surface area contributed by atoms with Crippen LogP contribution in [0.3, 0.4) is 0 Å². The number of halogens is 4. The first-order valence-corrected chi connectivity index (χ1v) is 14.9. The largest absolute Gasteiger partial charge is 0.369 e. The van der Waals surface area contributed by atoms with Crippen molar-refractivity contribution in [2.45, 2.75) is 55.9 Å². The van der Waals surface area contributed by atoms with Gasteiger partial charge >= 0.3 is 0 Å². The van der Waals surface area contributed by atoms with Crippen molar-refractivity contribution in [1.29, 1.82) is 5.41 Å². The lowest BCUT2D eigenvalue weighted by Crippen LogP contribution is -2.25. The number of guanidine groups is 1. The fourth-order valence-electron chi connectivity index (χ4n) is 5.24. The van der Waals surface area contributed by atoms with E-state index < -0.39 is 11.6 Å². The van der Waals surface area contributed by atoms with Crippen LogP contribution in [0.1, 0.15) is 58.8 Å². The highest BCUT2D eigenvalue weighted by Gasteiger charge is 2.30. The van der Waals surface area contributed by atoms with Gasteiger partial charge in [-0.1, -0.05) is 35.5 Å². The number of hydrogen-bond donors (Lipinski definition) is 3. The van der Waals surface area contributed by atoms with Gasteiger partial charge in [-0.15, -0.1) is 0 Å². The maximum Gasteiger partial charge on any atom is 0.206 e. The number of aryl methyl sites for hydroxylation is 3. The molecule has 4 N–H and O–H groups in total. The number of nitrogens with one attached hydrogen (secondary N) is 2. The molecule has 4 aromatic rings. The Morgan fingerprint density at radius 2 is 1.90 bits per heavy atom. The normalized spacial score (nSPS) is 14.7. The number of imidazole rings is 1. The maximum absolute atomic E-state index is 15.1. The Morgan fingerprint density at radius 3 is 2.60 bits per heavy atom. The molecule has 0 amide bonds. The lowest BCUT2D eigenvalue weighted by Gasteiger charge is -2.25. The molecule has 0 bridgehead atoms. The van der Waals surface area contributed by atoms with Crippen molar-refractivity contribution < 1.29 is 13.2 Å². The number of nitrogens with zero attached hydrogens (tertiary/aromatic N) is 3. The zero-order chi connectivity index (χ0) is 29.8. The second kappa shape index (κ2) is 13.0. The first kappa shape index (κ1) is 29.7. The van der Waals surface area contributed by atoms with Crippen LogP contribution in [0.25, 0.3) is 5.69 Å². The van der Waals surface area contributed by atoms with Gasteiger partial charge in [-0.05, 0) is 98.2 Å². The predicted molar refractivity (Wildman–Crippen MR) is 162 cm³/mol.